The highest BCUT2D eigenvalue weighted by Gasteiger charge is 2.33. The van der Waals surface area contributed by atoms with Crippen molar-refractivity contribution in [3.8, 4) is 0 Å². The van der Waals surface area contributed by atoms with Crippen molar-refractivity contribution in [1.29, 1.82) is 0 Å². The van der Waals surface area contributed by atoms with Gasteiger partial charge >= 0.3 is 6.18 Å². The van der Waals surface area contributed by atoms with Gasteiger partial charge < -0.3 is 9.73 Å². The van der Waals surface area contributed by atoms with E-state index in [4.69, 9.17) is 0 Å². The fourth-order valence-corrected chi connectivity index (χ4v) is 1.52. The van der Waals surface area contributed by atoms with Crippen LogP contribution in [0.25, 0.3) is 0 Å². The molecule has 2 aromatic rings. The van der Waals surface area contributed by atoms with Crippen molar-refractivity contribution in [2.45, 2.75) is 12.6 Å². The fourth-order valence-electron chi connectivity index (χ4n) is 1.52. The van der Waals surface area contributed by atoms with Crippen LogP contribution in [0.2, 0.25) is 0 Å². The van der Waals surface area contributed by atoms with E-state index in [1.54, 1.807) is 0 Å². The Kier molecular flexibility index (Phi) is 3.55. The number of nitrogens with one attached hydrogen (secondary N) is 1. The molecule has 0 aliphatic heterocycles. The number of alkyl halides is 3. The van der Waals surface area contributed by atoms with Crippen LogP contribution in [0.15, 0.2) is 41.3 Å². The van der Waals surface area contributed by atoms with Crippen LogP contribution < -0.4 is 5.32 Å². The van der Waals surface area contributed by atoms with E-state index in [1.807, 2.05) is 0 Å². The Bertz CT molecular complexity index is 565. The maximum absolute atomic E-state index is 12.7. The molecule has 0 aliphatic rings. The van der Waals surface area contributed by atoms with Gasteiger partial charge in [0.25, 0.3) is 0 Å². The zero-order chi connectivity index (χ0) is 13.9. The highest BCUT2D eigenvalue weighted by atomic mass is 19.4. The largest absolute Gasteiger partial charge is 0.451 e. The number of nitrogens with zero attached hydrogens (tertiary/aromatic N) is 1. The summed E-state index contributed by atoms with van der Waals surface area (Å²) in [6.07, 6.45) is -2.26. The number of para-hydroxylation sites is 1. The van der Waals surface area contributed by atoms with Gasteiger partial charge in [-0.25, -0.2) is 4.98 Å². The Morgan fingerprint density at radius 1 is 1.32 bits per heavy atom. The van der Waals surface area contributed by atoms with Crippen LogP contribution in [0, 0.1) is 0 Å². The maximum atomic E-state index is 12.7. The molecule has 1 aromatic heterocycles. The van der Waals surface area contributed by atoms with Gasteiger partial charge in [-0.05, 0) is 12.1 Å². The number of oxazole rings is 1. The maximum Gasteiger partial charge on any atom is 0.418 e. The van der Waals surface area contributed by atoms with E-state index in [1.165, 1.54) is 24.5 Å². The minimum Gasteiger partial charge on any atom is -0.451 e. The van der Waals surface area contributed by atoms with Gasteiger partial charge in [-0.3, -0.25) is 4.79 Å². The Labute approximate surface area is 106 Å². The quantitative estimate of drug-likeness (QED) is 0.933. The summed E-state index contributed by atoms with van der Waals surface area (Å²) in [7, 11) is 0. The highest BCUT2D eigenvalue weighted by molar-refractivity contribution is 5.92. The minimum atomic E-state index is -4.52. The molecule has 1 aromatic carbocycles. The zero-order valence-corrected chi connectivity index (χ0v) is 9.57. The lowest BCUT2D eigenvalue weighted by Crippen LogP contribution is -2.18. The number of benzene rings is 1. The molecule has 19 heavy (non-hydrogen) atoms. The summed E-state index contributed by atoms with van der Waals surface area (Å²) in [5.41, 5.74) is -0.811. The first kappa shape index (κ1) is 13.1. The van der Waals surface area contributed by atoms with E-state index in [0.29, 0.717) is 5.69 Å². The van der Waals surface area contributed by atoms with E-state index in [2.05, 4.69) is 14.7 Å². The standard InChI is InChI=1S/C12H9F3N2O2/c13-12(14,15)9-3-1-2-4-10(9)17-11(18)5-8-6-19-7-16-8/h1-4,6-7H,5H2,(H,17,18). The molecule has 0 atom stereocenters. The van der Waals surface area contributed by atoms with Crippen LogP contribution in [0.5, 0.6) is 0 Å². The predicted octanol–water partition coefficient (Wildman–Crippen LogP) is 2.87. The average molecular weight is 270 g/mol. The summed E-state index contributed by atoms with van der Waals surface area (Å²) >= 11 is 0. The van der Waals surface area contributed by atoms with Gasteiger partial charge in [0.05, 0.1) is 23.4 Å². The molecular weight excluding hydrogens is 261 g/mol. The lowest BCUT2D eigenvalue weighted by atomic mass is 10.1. The molecule has 0 bridgehead atoms. The van der Waals surface area contributed by atoms with E-state index in [0.717, 1.165) is 12.5 Å². The number of carbonyl (C=O) groups excluding carboxylic acids is 1. The fraction of sp³-hybridized carbons (Fsp3) is 0.167. The van der Waals surface area contributed by atoms with Crippen molar-refractivity contribution in [2.24, 2.45) is 0 Å². The molecule has 0 radical (unpaired) electrons. The lowest BCUT2D eigenvalue weighted by Gasteiger charge is -2.13. The van der Waals surface area contributed by atoms with Crippen LogP contribution in [0.1, 0.15) is 11.3 Å². The third kappa shape index (κ3) is 3.34. The molecular formula is C12H9F3N2O2. The van der Waals surface area contributed by atoms with Gasteiger partial charge in [0.15, 0.2) is 6.39 Å². The molecule has 1 heterocycles. The average Bonchev–Trinajstić information content (AvgIpc) is 2.81. The van der Waals surface area contributed by atoms with Crippen molar-refractivity contribution in [3.05, 3.63) is 48.2 Å². The summed E-state index contributed by atoms with van der Waals surface area (Å²) < 4.78 is 42.8. The number of aromatic nitrogens is 1. The first-order valence-corrected chi connectivity index (χ1v) is 5.30. The van der Waals surface area contributed by atoms with Crippen molar-refractivity contribution in [3.63, 3.8) is 0 Å². The van der Waals surface area contributed by atoms with Gasteiger partial charge in [-0.1, -0.05) is 12.1 Å². The number of hydrogen-bond acceptors (Lipinski definition) is 3. The van der Waals surface area contributed by atoms with Crippen molar-refractivity contribution in [1.82, 2.24) is 4.98 Å². The van der Waals surface area contributed by atoms with E-state index in [-0.39, 0.29) is 12.1 Å². The number of rotatable bonds is 3. The Morgan fingerprint density at radius 2 is 2.05 bits per heavy atom. The molecule has 0 unspecified atom stereocenters. The molecule has 0 saturated carbocycles. The third-order valence-corrected chi connectivity index (χ3v) is 2.33. The second-order valence-electron chi connectivity index (χ2n) is 3.75. The van der Waals surface area contributed by atoms with Gasteiger partial charge in [-0.2, -0.15) is 13.2 Å². The van der Waals surface area contributed by atoms with E-state index >= 15 is 0 Å². The van der Waals surface area contributed by atoms with Crippen LogP contribution in [-0.4, -0.2) is 10.9 Å². The second-order valence-corrected chi connectivity index (χ2v) is 3.75. The Hall–Kier alpha value is -2.31. The molecule has 4 nitrogen and oxygen atoms in total. The second kappa shape index (κ2) is 5.13. The highest BCUT2D eigenvalue weighted by Crippen LogP contribution is 2.34. The van der Waals surface area contributed by atoms with Crippen LogP contribution in [0.4, 0.5) is 18.9 Å². The molecule has 0 spiro atoms. The topological polar surface area (TPSA) is 55.1 Å². The van der Waals surface area contributed by atoms with Gasteiger partial charge in [0, 0.05) is 0 Å². The molecule has 7 heteroatoms. The van der Waals surface area contributed by atoms with E-state index < -0.39 is 17.6 Å². The van der Waals surface area contributed by atoms with E-state index in [9.17, 15) is 18.0 Å². The monoisotopic (exact) mass is 270 g/mol. The lowest BCUT2D eigenvalue weighted by molar-refractivity contribution is -0.137. The van der Waals surface area contributed by atoms with Gasteiger partial charge in [0.1, 0.15) is 6.26 Å². The Balaban J connectivity index is 2.13. The van der Waals surface area contributed by atoms with Gasteiger partial charge in [0.2, 0.25) is 5.91 Å². The van der Waals surface area contributed by atoms with Crippen LogP contribution in [0.3, 0.4) is 0 Å². The number of hydrogen-bond donors (Lipinski definition) is 1. The smallest absolute Gasteiger partial charge is 0.418 e. The molecule has 100 valence electrons. The summed E-state index contributed by atoms with van der Waals surface area (Å²) in [5.74, 6) is -0.592. The van der Waals surface area contributed by atoms with Crippen LogP contribution >= 0.6 is 0 Å². The first-order chi connectivity index (χ1) is 8.97. The third-order valence-electron chi connectivity index (χ3n) is 2.33. The molecule has 1 N–H and O–H groups in total. The van der Waals surface area contributed by atoms with Crippen molar-refractivity contribution >= 4 is 11.6 Å². The number of halogens is 3. The first-order valence-electron chi connectivity index (χ1n) is 5.30. The zero-order valence-electron chi connectivity index (χ0n) is 9.57. The number of anilines is 1. The summed E-state index contributed by atoms with van der Waals surface area (Å²) in [5, 5.41) is 2.21. The molecule has 0 fully saturated rings. The summed E-state index contributed by atoms with van der Waals surface area (Å²) in [4.78, 5) is 15.3. The molecule has 0 saturated heterocycles. The summed E-state index contributed by atoms with van der Waals surface area (Å²) in [6.45, 7) is 0. The van der Waals surface area contributed by atoms with Gasteiger partial charge in [-0.15, -0.1) is 0 Å². The molecule has 1 amide bonds. The number of amides is 1. The minimum absolute atomic E-state index is 0.150. The summed E-state index contributed by atoms with van der Waals surface area (Å²) in [6, 6.07) is 4.78. The predicted molar refractivity (Wildman–Crippen MR) is 60.3 cm³/mol. The van der Waals surface area contributed by atoms with Crippen molar-refractivity contribution in [2.75, 3.05) is 5.32 Å². The van der Waals surface area contributed by atoms with Crippen LogP contribution in [-0.2, 0) is 17.4 Å². The molecule has 2 rings (SSSR count). The molecule has 0 aliphatic carbocycles. The normalized spacial score (nSPS) is 11.3. The van der Waals surface area contributed by atoms with Crippen molar-refractivity contribution < 1.29 is 22.4 Å². The SMILES string of the molecule is O=C(Cc1cocn1)Nc1ccccc1C(F)(F)F. The number of carbonyl (C=O) groups is 1. The Morgan fingerprint density at radius 3 is 2.68 bits per heavy atom.